The van der Waals surface area contributed by atoms with Gasteiger partial charge in [0.1, 0.15) is 10.6 Å². The van der Waals surface area contributed by atoms with Crippen molar-refractivity contribution < 1.29 is 26.5 Å². The van der Waals surface area contributed by atoms with Crippen LogP contribution >= 0.6 is 0 Å². The molecule has 0 spiro atoms. The molecule has 3 rings (SSSR count). The van der Waals surface area contributed by atoms with Gasteiger partial charge in [-0.3, -0.25) is 4.79 Å². The molecule has 1 atom stereocenters. The molecule has 1 amide bonds. The van der Waals surface area contributed by atoms with Gasteiger partial charge in [0.05, 0.1) is 6.04 Å². The Balaban J connectivity index is 1.61. The number of nitrogens with zero attached hydrogens (tertiary/aromatic N) is 2. The Morgan fingerprint density at radius 2 is 1.90 bits per heavy atom. The lowest BCUT2D eigenvalue weighted by Gasteiger charge is -2.31. The van der Waals surface area contributed by atoms with Crippen LogP contribution in [0.25, 0.3) is 0 Å². The van der Waals surface area contributed by atoms with Gasteiger partial charge in [-0.15, -0.1) is 0 Å². The van der Waals surface area contributed by atoms with E-state index in [1.165, 1.54) is 10.4 Å². The summed E-state index contributed by atoms with van der Waals surface area (Å²) in [6.07, 6.45) is 0.720. The molecule has 1 aromatic carbocycles. The van der Waals surface area contributed by atoms with Crippen molar-refractivity contribution in [3.63, 3.8) is 0 Å². The number of hydrogen-bond donors (Lipinski definition) is 1. The van der Waals surface area contributed by atoms with Gasteiger partial charge in [0, 0.05) is 19.0 Å². The summed E-state index contributed by atoms with van der Waals surface area (Å²) in [6.45, 7) is 5.20. The molecular weight excluding hydrogens is 404 g/mol. The van der Waals surface area contributed by atoms with E-state index in [-0.39, 0.29) is 35.6 Å². The number of halogens is 2. The van der Waals surface area contributed by atoms with Crippen LogP contribution in [0.15, 0.2) is 27.6 Å². The maximum Gasteiger partial charge on any atom is 0.248 e. The van der Waals surface area contributed by atoms with E-state index in [9.17, 15) is 22.0 Å². The molecule has 1 unspecified atom stereocenters. The fourth-order valence-electron chi connectivity index (χ4n) is 3.53. The van der Waals surface area contributed by atoms with Crippen molar-refractivity contribution in [2.75, 3.05) is 13.1 Å². The van der Waals surface area contributed by atoms with Crippen LogP contribution in [0.1, 0.15) is 42.8 Å². The van der Waals surface area contributed by atoms with E-state index in [1.54, 1.807) is 20.8 Å². The van der Waals surface area contributed by atoms with Gasteiger partial charge in [0.2, 0.25) is 15.9 Å². The molecule has 0 aliphatic carbocycles. The Labute approximate surface area is 168 Å². The van der Waals surface area contributed by atoms with E-state index in [1.807, 2.05) is 0 Å². The van der Waals surface area contributed by atoms with Crippen LogP contribution in [0.4, 0.5) is 8.78 Å². The first-order valence-corrected chi connectivity index (χ1v) is 10.7. The van der Waals surface area contributed by atoms with E-state index in [0.29, 0.717) is 24.1 Å². The summed E-state index contributed by atoms with van der Waals surface area (Å²) in [5.41, 5.74) is 0.762. The van der Waals surface area contributed by atoms with Crippen molar-refractivity contribution >= 4 is 15.9 Å². The summed E-state index contributed by atoms with van der Waals surface area (Å²) >= 11 is 0. The van der Waals surface area contributed by atoms with Gasteiger partial charge in [0.25, 0.3) is 0 Å². The van der Waals surface area contributed by atoms with Gasteiger partial charge in [-0.2, -0.15) is 4.31 Å². The second kappa shape index (κ2) is 8.19. The Morgan fingerprint density at radius 1 is 1.24 bits per heavy atom. The second-order valence-corrected chi connectivity index (χ2v) is 9.11. The zero-order valence-electron chi connectivity index (χ0n) is 16.4. The largest absolute Gasteiger partial charge is 0.360 e. The number of benzene rings is 1. The average Bonchev–Trinajstić information content (AvgIpc) is 3.02. The SMILES string of the molecule is Cc1noc(C)c1S(=O)(=O)N1CCC(C(=O)NC(C)c2ccc(F)c(F)c2)CC1. The molecule has 0 saturated carbocycles. The van der Waals surface area contributed by atoms with Crippen molar-refractivity contribution in [1.29, 1.82) is 0 Å². The molecule has 10 heteroatoms. The molecule has 1 fully saturated rings. The zero-order valence-corrected chi connectivity index (χ0v) is 17.2. The quantitative estimate of drug-likeness (QED) is 0.792. The van der Waals surface area contributed by atoms with Gasteiger partial charge < -0.3 is 9.84 Å². The summed E-state index contributed by atoms with van der Waals surface area (Å²) in [5.74, 6) is -2.28. The third kappa shape index (κ3) is 4.32. The van der Waals surface area contributed by atoms with Crippen molar-refractivity contribution in [1.82, 2.24) is 14.8 Å². The number of sulfonamides is 1. The van der Waals surface area contributed by atoms with Crippen LogP contribution in [0, 0.1) is 31.4 Å². The predicted molar refractivity (Wildman–Crippen MR) is 100 cm³/mol. The minimum atomic E-state index is -3.74. The monoisotopic (exact) mass is 427 g/mol. The first-order chi connectivity index (χ1) is 13.6. The standard InChI is InChI=1S/C19H23F2N3O4S/c1-11(15-4-5-16(20)17(21)10-15)22-19(25)14-6-8-24(9-7-14)29(26,27)18-12(2)23-28-13(18)3/h4-5,10-11,14H,6-9H2,1-3H3,(H,22,25). The first-order valence-electron chi connectivity index (χ1n) is 9.29. The number of carbonyl (C=O) groups excluding carboxylic acids is 1. The molecule has 2 aromatic rings. The van der Waals surface area contributed by atoms with Crippen LogP contribution in [0.2, 0.25) is 0 Å². The van der Waals surface area contributed by atoms with E-state index >= 15 is 0 Å². The lowest BCUT2D eigenvalue weighted by molar-refractivity contribution is -0.126. The Kier molecular flexibility index (Phi) is 6.04. The molecule has 1 aliphatic rings. The number of hydrogen-bond acceptors (Lipinski definition) is 5. The second-order valence-electron chi connectivity index (χ2n) is 7.24. The normalized spacial score (nSPS) is 17.3. The number of carbonyl (C=O) groups is 1. The maximum absolute atomic E-state index is 13.4. The van der Waals surface area contributed by atoms with Crippen LogP contribution in [0.5, 0.6) is 0 Å². The lowest BCUT2D eigenvalue weighted by atomic mass is 9.96. The van der Waals surface area contributed by atoms with Crippen LogP contribution < -0.4 is 5.32 Å². The highest BCUT2D eigenvalue weighted by Gasteiger charge is 2.35. The predicted octanol–water partition coefficient (Wildman–Crippen LogP) is 2.85. The third-order valence-corrected chi connectivity index (χ3v) is 7.34. The molecule has 7 nitrogen and oxygen atoms in total. The maximum atomic E-state index is 13.4. The van der Waals surface area contributed by atoms with Crippen molar-refractivity contribution in [2.45, 2.75) is 44.6 Å². The number of rotatable bonds is 5. The Morgan fingerprint density at radius 3 is 2.45 bits per heavy atom. The molecule has 1 N–H and O–H groups in total. The molecular formula is C19H23F2N3O4S. The van der Waals surface area contributed by atoms with Crippen molar-refractivity contribution in [2.24, 2.45) is 5.92 Å². The van der Waals surface area contributed by atoms with Gasteiger partial charge in [-0.1, -0.05) is 11.2 Å². The summed E-state index contributed by atoms with van der Waals surface area (Å²) in [5, 5.41) is 6.49. The summed E-state index contributed by atoms with van der Waals surface area (Å²) in [6, 6.07) is 2.99. The highest BCUT2D eigenvalue weighted by Crippen LogP contribution is 2.28. The number of amides is 1. The molecule has 0 bridgehead atoms. The molecule has 2 heterocycles. The minimum absolute atomic E-state index is 0.0763. The molecule has 1 aromatic heterocycles. The molecule has 29 heavy (non-hydrogen) atoms. The van der Waals surface area contributed by atoms with Crippen LogP contribution in [0.3, 0.4) is 0 Å². The fraction of sp³-hybridized carbons (Fsp3) is 0.474. The van der Waals surface area contributed by atoms with Crippen molar-refractivity contribution in [3.05, 3.63) is 46.9 Å². The molecule has 0 radical (unpaired) electrons. The lowest BCUT2D eigenvalue weighted by Crippen LogP contribution is -2.43. The van der Waals surface area contributed by atoms with Crippen LogP contribution in [-0.2, 0) is 14.8 Å². The fourth-order valence-corrected chi connectivity index (χ4v) is 5.29. The van der Waals surface area contributed by atoms with Gasteiger partial charge in [0.15, 0.2) is 17.4 Å². The number of nitrogens with one attached hydrogen (secondary N) is 1. The third-order valence-electron chi connectivity index (χ3n) is 5.19. The highest BCUT2D eigenvalue weighted by atomic mass is 32.2. The smallest absolute Gasteiger partial charge is 0.248 e. The Hall–Kier alpha value is -2.33. The van der Waals surface area contributed by atoms with E-state index < -0.39 is 27.7 Å². The van der Waals surface area contributed by atoms with E-state index in [2.05, 4.69) is 10.5 Å². The number of aromatic nitrogens is 1. The number of aryl methyl sites for hydroxylation is 2. The summed E-state index contributed by atoms with van der Waals surface area (Å²) in [4.78, 5) is 12.6. The summed E-state index contributed by atoms with van der Waals surface area (Å²) in [7, 11) is -3.74. The van der Waals surface area contributed by atoms with Crippen molar-refractivity contribution in [3.8, 4) is 0 Å². The molecule has 158 valence electrons. The zero-order chi connectivity index (χ0) is 21.3. The van der Waals surface area contributed by atoms with Crippen LogP contribution in [-0.4, -0.2) is 36.9 Å². The minimum Gasteiger partial charge on any atom is -0.360 e. The topological polar surface area (TPSA) is 92.5 Å². The van der Waals surface area contributed by atoms with Gasteiger partial charge in [-0.05, 0) is 51.3 Å². The Bertz CT molecular complexity index is 995. The number of piperidine rings is 1. The highest BCUT2D eigenvalue weighted by molar-refractivity contribution is 7.89. The van der Waals surface area contributed by atoms with E-state index in [0.717, 1.165) is 12.1 Å². The molecule has 1 aliphatic heterocycles. The molecule has 1 saturated heterocycles. The van der Waals surface area contributed by atoms with E-state index in [4.69, 9.17) is 4.52 Å². The average molecular weight is 427 g/mol. The van der Waals surface area contributed by atoms with Gasteiger partial charge in [-0.25, -0.2) is 17.2 Å². The first kappa shape index (κ1) is 21.4. The van der Waals surface area contributed by atoms with Gasteiger partial charge >= 0.3 is 0 Å². The summed E-state index contributed by atoms with van der Waals surface area (Å²) < 4.78 is 58.5.